The van der Waals surface area contributed by atoms with Crippen LogP contribution in [0.4, 0.5) is 5.82 Å². The zero-order valence-electron chi connectivity index (χ0n) is 13.4. The lowest BCUT2D eigenvalue weighted by Crippen LogP contribution is -2.01. The molecule has 0 aliphatic heterocycles. The lowest BCUT2D eigenvalue weighted by molar-refractivity contribution is 0.459. The minimum absolute atomic E-state index is 0.613. The summed E-state index contributed by atoms with van der Waals surface area (Å²) in [6.07, 6.45) is 1.78. The van der Waals surface area contributed by atoms with Gasteiger partial charge >= 0.3 is 0 Å². The van der Waals surface area contributed by atoms with Crippen molar-refractivity contribution in [2.24, 2.45) is 0 Å². The highest BCUT2D eigenvalue weighted by molar-refractivity contribution is 5.91. The van der Waals surface area contributed by atoms with Gasteiger partial charge in [0.1, 0.15) is 0 Å². The number of pyridine rings is 1. The van der Waals surface area contributed by atoms with Crippen molar-refractivity contribution in [2.75, 3.05) is 5.32 Å². The molecule has 0 saturated heterocycles. The summed E-state index contributed by atoms with van der Waals surface area (Å²) < 4.78 is 5.51. The van der Waals surface area contributed by atoms with Gasteiger partial charge in [-0.3, -0.25) is 4.98 Å². The van der Waals surface area contributed by atoms with Gasteiger partial charge in [-0.05, 0) is 47.9 Å². The molecule has 0 bridgehead atoms. The Labute approximate surface area is 140 Å². The lowest BCUT2D eigenvalue weighted by Gasteiger charge is -2.05. The molecule has 1 N–H and O–H groups in total. The number of fused-ring (bicyclic) bond motifs is 1. The summed E-state index contributed by atoms with van der Waals surface area (Å²) in [5.74, 6) is 0.743. The number of hydrogen-bond acceptors (Lipinski definition) is 4. The quantitative estimate of drug-likeness (QED) is 0.587. The monoisotopic (exact) mass is 315 g/mol. The summed E-state index contributed by atoms with van der Waals surface area (Å²) in [5.41, 5.74) is 5.32. The fourth-order valence-electron chi connectivity index (χ4n) is 2.81. The van der Waals surface area contributed by atoms with E-state index in [0.29, 0.717) is 6.54 Å². The predicted octanol–water partition coefficient (Wildman–Crippen LogP) is 4.81. The zero-order valence-corrected chi connectivity index (χ0v) is 13.4. The summed E-state index contributed by atoms with van der Waals surface area (Å²) in [4.78, 5) is 4.30. The maximum absolute atomic E-state index is 5.51. The zero-order chi connectivity index (χ0) is 16.4. The summed E-state index contributed by atoms with van der Waals surface area (Å²) in [6, 6.07) is 20.4. The van der Waals surface area contributed by atoms with Crippen LogP contribution in [-0.4, -0.2) is 10.1 Å². The molecule has 4 heteroatoms. The summed E-state index contributed by atoms with van der Waals surface area (Å²) in [7, 11) is 0. The number of nitrogens with zero attached hydrogens (tertiary/aromatic N) is 2. The SMILES string of the molecule is Cc1ccccc1-c1ccc2c(NCc3ccccn3)noc2c1. The Hall–Kier alpha value is -3.14. The van der Waals surface area contributed by atoms with Gasteiger partial charge < -0.3 is 9.84 Å². The number of rotatable bonds is 4. The smallest absolute Gasteiger partial charge is 0.177 e. The average molecular weight is 315 g/mol. The molecule has 0 fully saturated rings. The molecule has 0 saturated carbocycles. The van der Waals surface area contributed by atoms with E-state index >= 15 is 0 Å². The van der Waals surface area contributed by atoms with Crippen molar-refractivity contribution < 1.29 is 4.52 Å². The van der Waals surface area contributed by atoms with Gasteiger partial charge in [0.2, 0.25) is 0 Å². The molecule has 0 atom stereocenters. The van der Waals surface area contributed by atoms with Crippen molar-refractivity contribution in [2.45, 2.75) is 13.5 Å². The van der Waals surface area contributed by atoms with Crippen LogP contribution in [0.1, 0.15) is 11.3 Å². The van der Waals surface area contributed by atoms with Gasteiger partial charge in [-0.1, -0.05) is 41.6 Å². The topological polar surface area (TPSA) is 51.0 Å². The molecular formula is C20H17N3O. The van der Waals surface area contributed by atoms with Crippen LogP contribution in [0.25, 0.3) is 22.1 Å². The summed E-state index contributed by atoms with van der Waals surface area (Å²) in [5, 5.41) is 8.42. The first-order valence-electron chi connectivity index (χ1n) is 7.90. The first-order chi connectivity index (χ1) is 11.8. The molecule has 118 valence electrons. The van der Waals surface area contributed by atoms with Crippen molar-refractivity contribution in [1.29, 1.82) is 0 Å². The molecule has 4 rings (SSSR count). The second-order valence-corrected chi connectivity index (χ2v) is 5.73. The van der Waals surface area contributed by atoms with E-state index in [1.807, 2.05) is 42.5 Å². The molecule has 2 heterocycles. The van der Waals surface area contributed by atoms with E-state index in [4.69, 9.17) is 4.52 Å². The minimum Gasteiger partial charge on any atom is -0.361 e. The second-order valence-electron chi connectivity index (χ2n) is 5.73. The first kappa shape index (κ1) is 14.5. The Balaban J connectivity index is 1.62. The molecule has 0 aliphatic carbocycles. The van der Waals surface area contributed by atoms with Crippen LogP contribution < -0.4 is 5.32 Å². The predicted molar refractivity (Wildman–Crippen MR) is 95.7 cm³/mol. The van der Waals surface area contributed by atoms with Gasteiger partial charge in [-0.2, -0.15) is 0 Å². The number of aromatic nitrogens is 2. The third-order valence-corrected chi connectivity index (χ3v) is 4.09. The molecule has 4 aromatic rings. The standard InChI is InChI=1S/C20H17N3O/c1-14-6-2-3-8-17(14)15-9-10-18-19(12-15)24-23-20(18)22-13-16-7-4-5-11-21-16/h2-12H,13H2,1H3,(H,22,23). The highest BCUT2D eigenvalue weighted by atomic mass is 16.5. The average Bonchev–Trinajstić information content (AvgIpc) is 3.03. The molecule has 2 aromatic heterocycles. The van der Waals surface area contributed by atoms with Crippen LogP contribution in [-0.2, 0) is 6.54 Å². The Morgan fingerprint density at radius 2 is 1.88 bits per heavy atom. The molecule has 0 spiro atoms. The van der Waals surface area contributed by atoms with E-state index in [1.165, 1.54) is 11.1 Å². The van der Waals surface area contributed by atoms with Crippen LogP contribution in [0, 0.1) is 6.92 Å². The third kappa shape index (κ3) is 2.74. The second kappa shape index (κ2) is 6.16. The van der Waals surface area contributed by atoms with E-state index in [1.54, 1.807) is 6.20 Å². The normalized spacial score (nSPS) is 10.9. The molecule has 4 nitrogen and oxygen atoms in total. The molecule has 0 amide bonds. The highest BCUT2D eigenvalue weighted by Gasteiger charge is 2.10. The van der Waals surface area contributed by atoms with Crippen molar-refractivity contribution in [3.8, 4) is 11.1 Å². The summed E-state index contributed by atoms with van der Waals surface area (Å²) >= 11 is 0. The van der Waals surface area contributed by atoms with Crippen LogP contribution in [0.5, 0.6) is 0 Å². The van der Waals surface area contributed by atoms with Crippen LogP contribution >= 0.6 is 0 Å². The fourth-order valence-corrected chi connectivity index (χ4v) is 2.81. The number of aryl methyl sites for hydroxylation is 1. The number of hydrogen-bond donors (Lipinski definition) is 1. The first-order valence-corrected chi connectivity index (χ1v) is 7.90. The van der Waals surface area contributed by atoms with E-state index in [2.05, 4.69) is 40.6 Å². The number of benzene rings is 2. The van der Waals surface area contributed by atoms with Gasteiger partial charge in [-0.25, -0.2) is 0 Å². The van der Waals surface area contributed by atoms with Gasteiger partial charge in [-0.15, -0.1) is 0 Å². The van der Waals surface area contributed by atoms with E-state index < -0.39 is 0 Å². The Bertz CT molecular complexity index is 977. The van der Waals surface area contributed by atoms with Crippen molar-refractivity contribution >= 4 is 16.8 Å². The van der Waals surface area contributed by atoms with Crippen LogP contribution in [0.15, 0.2) is 71.4 Å². The molecule has 0 unspecified atom stereocenters. The maximum Gasteiger partial charge on any atom is 0.177 e. The lowest BCUT2D eigenvalue weighted by atomic mass is 10.00. The van der Waals surface area contributed by atoms with Crippen molar-refractivity contribution in [1.82, 2.24) is 10.1 Å². The fraction of sp³-hybridized carbons (Fsp3) is 0.100. The molecule has 0 aliphatic rings. The van der Waals surface area contributed by atoms with E-state index in [-0.39, 0.29) is 0 Å². The van der Waals surface area contributed by atoms with E-state index in [9.17, 15) is 0 Å². The Kier molecular flexibility index (Phi) is 3.71. The van der Waals surface area contributed by atoms with Gasteiger partial charge in [0.25, 0.3) is 0 Å². The third-order valence-electron chi connectivity index (χ3n) is 4.09. The summed E-state index contributed by atoms with van der Waals surface area (Å²) in [6.45, 7) is 2.72. The molecular weight excluding hydrogens is 298 g/mol. The highest BCUT2D eigenvalue weighted by Crippen LogP contribution is 2.30. The van der Waals surface area contributed by atoms with Crippen LogP contribution in [0.2, 0.25) is 0 Å². The minimum atomic E-state index is 0.613. The number of anilines is 1. The molecule has 2 aromatic carbocycles. The molecule has 24 heavy (non-hydrogen) atoms. The number of nitrogens with one attached hydrogen (secondary N) is 1. The Morgan fingerprint density at radius 3 is 2.71 bits per heavy atom. The van der Waals surface area contributed by atoms with Crippen molar-refractivity contribution in [3.63, 3.8) is 0 Å². The maximum atomic E-state index is 5.51. The molecule has 0 radical (unpaired) electrons. The van der Waals surface area contributed by atoms with Gasteiger partial charge in [0, 0.05) is 6.20 Å². The van der Waals surface area contributed by atoms with Gasteiger partial charge in [0.15, 0.2) is 11.4 Å². The van der Waals surface area contributed by atoms with Crippen molar-refractivity contribution in [3.05, 3.63) is 78.1 Å². The Morgan fingerprint density at radius 1 is 1.00 bits per heavy atom. The van der Waals surface area contributed by atoms with Gasteiger partial charge in [0.05, 0.1) is 17.6 Å². The van der Waals surface area contributed by atoms with E-state index in [0.717, 1.165) is 28.0 Å². The van der Waals surface area contributed by atoms with Crippen LogP contribution in [0.3, 0.4) is 0 Å². The largest absolute Gasteiger partial charge is 0.361 e.